The van der Waals surface area contributed by atoms with E-state index in [0.717, 1.165) is 5.56 Å². The molecule has 28 heavy (non-hydrogen) atoms. The van der Waals surface area contributed by atoms with Crippen molar-refractivity contribution in [3.63, 3.8) is 0 Å². The molecule has 0 saturated heterocycles. The molecule has 0 aliphatic rings. The summed E-state index contributed by atoms with van der Waals surface area (Å²) in [4.78, 5) is 11.9. The quantitative estimate of drug-likeness (QED) is 0.572. The van der Waals surface area contributed by atoms with Gasteiger partial charge in [0, 0.05) is 6.61 Å². The fourth-order valence-corrected chi connectivity index (χ4v) is 3.20. The van der Waals surface area contributed by atoms with Gasteiger partial charge in [0.05, 0.1) is 27.2 Å². The van der Waals surface area contributed by atoms with E-state index in [1.165, 1.54) is 20.3 Å². The molecule has 2 atom stereocenters. The van der Waals surface area contributed by atoms with Gasteiger partial charge in [-0.1, -0.05) is 12.1 Å². The highest BCUT2D eigenvalue weighted by molar-refractivity contribution is 5.71. The molecule has 0 radical (unpaired) electrons. The van der Waals surface area contributed by atoms with Gasteiger partial charge in [0.1, 0.15) is 0 Å². The average molecular weight is 390 g/mol. The second kappa shape index (κ2) is 9.85. The van der Waals surface area contributed by atoms with Crippen molar-refractivity contribution in [2.45, 2.75) is 12.8 Å². The van der Waals surface area contributed by atoms with Crippen LogP contribution in [-0.4, -0.2) is 49.2 Å². The van der Waals surface area contributed by atoms with Crippen molar-refractivity contribution in [2.75, 3.05) is 27.9 Å². The predicted molar refractivity (Wildman–Crippen MR) is 103 cm³/mol. The summed E-state index contributed by atoms with van der Waals surface area (Å²) in [5.74, 6) is -0.914. The van der Waals surface area contributed by atoms with E-state index in [4.69, 9.17) is 14.2 Å². The van der Waals surface area contributed by atoms with Crippen molar-refractivity contribution in [1.82, 2.24) is 0 Å². The van der Waals surface area contributed by atoms with Crippen LogP contribution in [0.1, 0.15) is 11.1 Å². The van der Waals surface area contributed by atoms with Gasteiger partial charge in [0.2, 0.25) is 0 Å². The molecule has 2 aromatic rings. The van der Waals surface area contributed by atoms with E-state index in [1.54, 1.807) is 31.4 Å². The number of aliphatic carboxylic acids is 1. The monoisotopic (exact) mass is 390 g/mol. The molecule has 7 heteroatoms. The minimum atomic E-state index is -0.994. The van der Waals surface area contributed by atoms with Crippen molar-refractivity contribution in [3.8, 4) is 23.0 Å². The molecule has 0 heterocycles. The molecule has 0 aromatic heterocycles. The molecule has 152 valence electrons. The Balaban J connectivity index is 2.24. The van der Waals surface area contributed by atoms with Crippen LogP contribution in [0.4, 0.5) is 0 Å². The molecule has 0 unspecified atom stereocenters. The number of carboxylic acid groups (broad SMARTS) is 1. The third-order valence-corrected chi connectivity index (χ3v) is 4.77. The largest absolute Gasteiger partial charge is 0.504 e. The Morgan fingerprint density at radius 3 is 2.04 bits per heavy atom. The lowest BCUT2D eigenvalue weighted by Gasteiger charge is -2.23. The number of aromatic hydroxyl groups is 1. The Kier molecular flexibility index (Phi) is 7.52. The van der Waals surface area contributed by atoms with Gasteiger partial charge in [-0.05, 0) is 54.2 Å². The Morgan fingerprint density at radius 2 is 1.46 bits per heavy atom. The highest BCUT2D eigenvalue weighted by Gasteiger charge is 2.28. The molecule has 0 amide bonds. The zero-order chi connectivity index (χ0) is 20.7. The van der Waals surface area contributed by atoms with Crippen molar-refractivity contribution in [1.29, 1.82) is 0 Å². The number of ether oxygens (including phenoxy) is 3. The maximum absolute atomic E-state index is 11.9. The highest BCUT2D eigenvalue weighted by Crippen LogP contribution is 2.32. The molecule has 0 aliphatic heterocycles. The first kappa shape index (κ1) is 21.4. The number of carbonyl (C=O) groups is 1. The van der Waals surface area contributed by atoms with Crippen LogP contribution in [0.3, 0.4) is 0 Å². The number of hydrogen-bond donors (Lipinski definition) is 3. The molecule has 0 spiro atoms. The number of phenols is 1. The van der Waals surface area contributed by atoms with Gasteiger partial charge in [0.15, 0.2) is 23.0 Å². The van der Waals surface area contributed by atoms with Gasteiger partial charge in [-0.3, -0.25) is 4.79 Å². The Bertz CT molecular complexity index is 803. The van der Waals surface area contributed by atoms with Gasteiger partial charge in [-0.2, -0.15) is 0 Å². The van der Waals surface area contributed by atoms with Crippen LogP contribution in [0, 0.1) is 11.8 Å². The summed E-state index contributed by atoms with van der Waals surface area (Å²) in [6.45, 7) is -0.277. The number of aliphatic hydroxyl groups excluding tert-OH is 1. The number of benzene rings is 2. The average Bonchev–Trinajstić information content (AvgIpc) is 2.71. The molecule has 2 rings (SSSR count). The molecule has 0 fully saturated rings. The van der Waals surface area contributed by atoms with Crippen LogP contribution in [0.25, 0.3) is 0 Å². The van der Waals surface area contributed by atoms with E-state index in [2.05, 4.69) is 0 Å². The lowest BCUT2D eigenvalue weighted by atomic mass is 9.83. The number of rotatable bonds is 10. The fourth-order valence-electron chi connectivity index (χ4n) is 3.20. The number of methoxy groups -OCH3 is 3. The van der Waals surface area contributed by atoms with Gasteiger partial charge < -0.3 is 29.5 Å². The van der Waals surface area contributed by atoms with Gasteiger partial charge in [0.25, 0.3) is 0 Å². The normalized spacial score (nSPS) is 12.9. The van der Waals surface area contributed by atoms with Gasteiger partial charge in [-0.15, -0.1) is 0 Å². The summed E-state index contributed by atoms with van der Waals surface area (Å²) >= 11 is 0. The van der Waals surface area contributed by atoms with Crippen LogP contribution in [0.5, 0.6) is 23.0 Å². The Morgan fingerprint density at radius 1 is 0.893 bits per heavy atom. The van der Waals surface area contributed by atoms with Crippen LogP contribution >= 0.6 is 0 Å². The highest BCUT2D eigenvalue weighted by atomic mass is 16.5. The molecule has 7 nitrogen and oxygen atoms in total. The second-order valence-electron chi connectivity index (χ2n) is 6.49. The first-order chi connectivity index (χ1) is 13.4. The molecular formula is C21H26O7. The van der Waals surface area contributed by atoms with Crippen LogP contribution in [0.15, 0.2) is 36.4 Å². The smallest absolute Gasteiger partial charge is 0.307 e. The van der Waals surface area contributed by atoms with Crippen LogP contribution in [0.2, 0.25) is 0 Å². The minimum Gasteiger partial charge on any atom is -0.504 e. The van der Waals surface area contributed by atoms with Gasteiger partial charge in [-0.25, -0.2) is 0 Å². The zero-order valence-corrected chi connectivity index (χ0v) is 16.2. The fraction of sp³-hybridized carbons (Fsp3) is 0.381. The predicted octanol–water partition coefficient (Wildman–Crippen LogP) is 2.51. The van der Waals surface area contributed by atoms with E-state index in [1.807, 2.05) is 6.07 Å². The zero-order valence-electron chi connectivity index (χ0n) is 16.2. The van der Waals surface area contributed by atoms with Crippen molar-refractivity contribution in [3.05, 3.63) is 47.5 Å². The van der Waals surface area contributed by atoms with Crippen LogP contribution in [-0.2, 0) is 17.6 Å². The first-order valence-corrected chi connectivity index (χ1v) is 8.83. The van der Waals surface area contributed by atoms with Crippen molar-refractivity contribution >= 4 is 5.97 Å². The minimum absolute atomic E-state index is 0.0119. The van der Waals surface area contributed by atoms with E-state index < -0.39 is 17.8 Å². The Hall–Kier alpha value is -2.93. The maximum Gasteiger partial charge on any atom is 0.307 e. The van der Waals surface area contributed by atoms with E-state index in [0.29, 0.717) is 23.5 Å². The number of hydrogen-bond acceptors (Lipinski definition) is 6. The summed E-state index contributed by atoms with van der Waals surface area (Å²) in [6.07, 6.45) is 0.563. The molecular weight excluding hydrogens is 364 g/mol. The number of phenolic OH excluding ortho intramolecular Hbond substituents is 1. The van der Waals surface area contributed by atoms with E-state index >= 15 is 0 Å². The van der Waals surface area contributed by atoms with Crippen molar-refractivity contribution < 1.29 is 34.3 Å². The standard InChI is InChI=1S/C21H26O7/c1-26-18-7-5-13(11-20(18)28-3)8-15(12-22)16(21(24)25)9-14-4-6-17(23)19(10-14)27-2/h4-7,10-11,15-16,22-23H,8-9,12H2,1-3H3,(H,24,25)/t15-,16+/m0/s1. The lowest BCUT2D eigenvalue weighted by molar-refractivity contribution is -0.144. The Labute approximate surface area is 164 Å². The summed E-state index contributed by atoms with van der Waals surface area (Å²) in [7, 11) is 4.50. The molecule has 0 aliphatic carbocycles. The second-order valence-corrected chi connectivity index (χ2v) is 6.49. The molecule has 3 N–H and O–H groups in total. The van der Waals surface area contributed by atoms with Crippen LogP contribution < -0.4 is 14.2 Å². The molecule has 0 saturated carbocycles. The van der Waals surface area contributed by atoms with E-state index in [-0.39, 0.29) is 24.5 Å². The SMILES string of the molecule is COc1cc(C[C@@H](C(=O)O)[C@H](CO)Cc2ccc(OC)c(OC)c2)ccc1O. The summed E-state index contributed by atoms with van der Waals surface area (Å²) in [6, 6.07) is 10.1. The molecule has 0 bridgehead atoms. The van der Waals surface area contributed by atoms with Crippen molar-refractivity contribution in [2.24, 2.45) is 11.8 Å². The summed E-state index contributed by atoms with van der Waals surface area (Å²) < 4.78 is 15.6. The first-order valence-electron chi connectivity index (χ1n) is 8.83. The van der Waals surface area contributed by atoms with E-state index in [9.17, 15) is 20.1 Å². The number of aliphatic hydroxyl groups is 1. The lowest BCUT2D eigenvalue weighted by Crippen LogP contribution is -2.30. The topological polar surface area (TPSA) is 105 Å². The molecule has 2 aromatic carbocycles. The summed E-state index contributed by atoms with van der Waals surface area (Å²) in [5, 5.41) is 29.3. The van der Waals surface area contributed by atoms with Gasteiger partial charge >= 0.3 is 5.97 Å². The third-order valence-electron chi connectivity index (χ3n) is 4.77. The number of carboxylic acids is 1. The third kappa shape index (κ3) is 5.07. The maximum atomic E-state index is 11.9. The summed E-state index contributed by atoms with van der Waals surface area (Å²) in [5.41, 5.74) is 1.54.